The number of methoxy groups -OCH3 is 1. The molecule has 11 heteroatoms. The predicted molar refractivity (Wildman–Crippen MR) is 115 cm³/mol. The van der Waals surface area contributed by atoms with Gasteiger partial charge in [-0.3, -0.25) is 4.79 Å². The second-order valence-corrected chi connectivity index (χ2v) is 8.42. The third-order valence-corrected chi connectivity index (χ3v) is 4.48. The minimum Gasteiger partial charge on any atom is -0.545 e. The number of anilines is 1. The summed E-state index contributed by atoms with van der Waals surface area (Å²) < 4.78 is 3.12. The summed E-state index contributed by atoms with van der Waals surface area (Å²) in [6.45, 7) is 0. The summed E-state index contributed by atoms with van der Waals surface area (Å²) in [5.41, 5.74) is 0.820. The van der Waals surface area contributed by atoms with E-state index in [-0.39, 0.29) is 10.7 Å². The molecular weight excluding hydrogens is 461 g/mol. The molecule has 0 saturated carbocycles. The van der Waals surface area contributed by atoms with E-state index >= 15 is 0 Å². The van der Waals surface area contributed by atoms with Crippen LogP contribution in [-0.2, 0) is 0 Å². The molecule has 2 aromatic carbocycles. The van der Waals surface area contributed by atoms with Crippen LogP contribution in [0.1, 0.15) is 20.7 Å². The van der Waals surface area contributed by atoms with Gasteiger partial charge >= 0.3 is 0 Å². The Morgan fingerprint density at radius 3 is 2.03 bits per heavy atom. The first-order valence-electron chi connectivity index (χ1n) is 8.00. The standard InChI is InChI=1S/C18H16Cl3N3O4S/c1-28-13-8-4-10(5-9-13)14(25)23-16(18(19,20)21)24-17(29)22-12-6-2-11(3-7-12)15(26)27/h2-9,16H,1H3,(H,23,25)(H,26,27)(H2,22,24,29)/p-1. The zero-order valence-electron chi connectivity index (χ0n) is 14.9. The molecule has 0 aliphatic heterocycles. The highest BCUT2D eigenvalue weighted by Gasteiger charge is 2.34. The first-order chi connectivity index (χ1) is 13.6. The number of amides is 1. The summed E-state index contributed by atoms with van der Waals surface area (Å²) in [6, 6.07) is 12.0. The SMILES string of the molecule is COc1ccc(C(=O)NC(NC(=S)Nc2ccc(C(=O)[O-])cc2)C(Cl)(Cl)Cl)cc1. The average molecular weight is 476 g/mol. The van der Waals surface area contributed by atoms with Gasteiger partial charge in [-0.25, -0.2) is 0 Å². The molecule has 1 amide bonds. The Morgan fingerprint density at radius 1 is 1.00 bits per heavy atom. The second kappa shape index (κ2) is 9.98. The van der Waals surface area contributed by atoms with Gasteiger partial charge in [0.1, 0.15) is 11.9 Å². The topological polar surface area (TPSA) is 103 Å². The number of carboxylic acids is 1. The van der Waals surface area contributed by atoms with Gasteiger partial charge in [-0.2, -0.15) is 0 Å². The Labute approximate surface area is 187 Å². The van der Waals surface area contributed by atoms with E-state index in [4.69, 9.17) is 51.8 Å². The molecule has 0 aromatic heterocycles. The van der Waals surface area contributed by atoms with Crippen LogP contribution in [0.15, 0.2) is 48.5 Å². The average Bonchev–Trinajstić information content (AvgIpc) is 2.67. The lowest BCUT2D eigenvalue weighted by atomic mass is 10.2. The van der Waals surface area contributed by atoms with E-state index in [2.05, 4.69) is 16.0 Å². The van der Waals surface area contributed by atoms with Crippen molar-refractivity contribution in [2.75, 3.05) is 12.4 Å². The van der Waals surface area contributed by atoms with Crippen LogP contribution < -0.4 is 25.8 Å². The molecule has 154 valence electrons. The maximum absolute atomic E-state index is 12.4. The molecule has 2 aromatic rings. The van der Waals surface area contributed by atoms with Crippen molar-refractivity contribution >= 4 is 69.7 Å². The van der Waals surface area contributed by atoms with Gasteiger partial charge in [0.2, 0.25) is 3.79 Å². The maximum Gasteiger partial charge on any atom is 0.252 e. The quantitative estimate of drug-likeness (QED) is 0.335. The first kappa shape index (κ1) is 23.0. The molecule has 0 bridgehead atoms. The normalized spacial score (nSPS) is 11.9. The van der Waals surface area contributed by atoms with Gasteiger partial charge in [0, 0.05) is 11.3 Å². The minimum atomic E-state index is -1.92. The number of thiocarbonyl (C=S) groups is 1. The van der Waals surface area contributed by atoms with Gasteiger partial charge in [0.15, 0.2) is 5.11 Å². The van der Waals surface area contributed by atoms with Crippen LogP contribution in [0.5, 0.6) is 5.75 Å². The van der Waals surface area contributed by atoms with Crippen molar-refractivity contribution in [1.29, 1.82) is 0 Å². The Balaban J connectivity index is 2.04. The first-order valence-corrected chi connectivity index (χ1v) is 9.55. The lowest BCUT2D eigenvalue weighted by molar-refractivity contribution is -0.255. The molecule has 0 spiro atoms. The number of carboxylic acid groups (broad SMARTS) is 1. The van der Waals surface area contributed by atoms with Crippen molar-refractivity contribution in [2.24, 2.45) is 0 Å². The van der Waals surface area contributed by atoms with Crippen LogP contribution in [0.2, 0.25) is 0 Å². The molecule has 2 rings (SSSR count). The smallest absolute Gasteiger partial charge is 0.252 e. The summed E-state index contributed by atoms with van der Waals surface area (Å²) in [6.07, 6.45) is -1.16. The molecule has 7 nitrogen and oxygen atoms in total. The van der Waals surface area contributed by atoms with E-state index in [1.165, 1.54) is 31.4 Å². The van der Waals surface area contributed by atoms with Crippen molar-refractivity contribution in [3.05, 3.63) is 59.7 Å². The molecule has 1 atom stereocenters. The number of halogens is 3. The number of hydrogen-bond acceptors (Lipinski definition) is 5. The van der Waals surface area contributed by atoms with Gasteiger partial charge in [0.25, 0.3) is 5.91 Å². The third-order valence-electron chi connectivity index (χ3n) is 3.61. The number of aromatic carboxylic acids is 1. The summed E-state index contributed by atoms with van der Waals surface area (Å²) in [5.74, 6) is -1.21. The highest BCUT2D eigenvalue weighted by atomic mass is 35.6. The Morgan fingerprint density at radius 2 is 1.55 bits per heavy atom. The van der Waals surface area contributed by atoms with Crippen LogP contribution in [-0.4, -0.2) is 34.1 Å². The van der Waals surface area contributed by atoms with Gasteiger partial charge in [-0.05, 0) is 54.2 Å². The summed E-state index contributed by atoms with van der Waals surface area (Å²) in [5, 5.41) is 18.9. The molecule has 3 N–H and O–H groups in total. The van der Waals surface area contributed by atoms with E-state index in [0.717, 1.165) is 0 Å². The highest BCUT2D eigenvalue weighted by molar-refractivity contribution is 7.80. The largest absolute Gasteiger partial charge is 0.545 e. The minimum absolute atomic E-state index is 0.0142. The second-order valence-electron chi connectivity index (χ2n) is 5.64. The fraction of sp³-hybridized carbons (Fsp3) is 0.167. The van der Waals surface area contributed by atoms with Crippen molar-refractivity contribution in [3.63, 3.8) is 0 Å². The lowest BCUT2D eigenvalue weighted by Gasteiger charge is -2.27. The Kier molecular flexibility index (Phi) is 7.92. The molecule has 0 heterocycles. The molecule has 0 aliphatic carbocycles. The van der Waals surface area contributed by atoms with Gasteiger partial charge in [-0.1, -0.05) is 46.9 Å². The van der Waals surface area contributed by atoms with E-state index in [0.29, 0.717) is 17.0 Å². The van der Waals surface area contributed by atoms with E-state index in [1.807, 2.05) is 0 Å². The molecule has 29 heavy (non-hydrogen) atoms. The number of nitrogens with one attached hydrogen (secondary N) is 3. The van der Waals surface area contributed by atoms with Gasteiger partial charge in [-0.15, -0.1) is 0 Å². The van der Waals surface area contributed by atoms with Crippen LogP contribution >= 0.6 is 47.0 Å². The number of carbonyl (C=O) groups excluding carboxylic acids is 2. The zero-order valence-corrected chi connectivity index (χ0v) is 18.0. The Hall–Kier alpha value is -2.26. The van der Waals surface area contributed by atoms with Gasteiger partial charge in [0.05, 0.1) is 13.1 Å². The maximum atomic E-state index is 12.4. The van der Waals surface area contributed by atoms with Gasteiger partial charge < -0.3 is 30.6 Å². The fourth-order valence-corrected chi connectivity index (χ4v) is 2.71. The fourth-order valence-electron chi connectivity index (χ4n) is 2.14. The molecule has 1 unspecified atom stereocenters. The summed E-state index contributed by atoms with van der Waals surface area (Å²) >= 11 is 23.0. The molecular formula is C18H15Cl3N3O4S-. The monoisotopic (exact) mass is 474 g/mol. The lowest BCUT2D eigenvalue weighted by Crippen LogP contribution is -2.56. The summed E-state index contributed by atoms with van der Waals surface area (Å²) in [7, 11) is 1.51. The van der Waals surface area contributed by atoms with Crippen molar-refractivity contribution in [3.8, 4) is 5.75 Å². The predicted octanol–water partition coefficient (Wildman–Crippen LogP) is 2.47. The van der Waals surface area contributed by atoms with Crippen molar-refractivity contribution in [1.82, 2.24) is 10.6 Å². The zero-order chi connectivity index (χ0) is 21.6. The van der Waals surface area contributed by atoms with E-state index < -0.39 is 21.8 Å². The Bertz CT molecular complexity index is 887. The van der Waals surface area contributed by atoms with Crippen LogP contribution in [0.3, 0.4) is 0 Å². The number of benzene rings is 2. The van der Waals surface area contributed by atoms with E-state index in [9.17, 15) is 14.7 Å². The van der Waals surface area contributed by atoms with Crippen molar-refractivity contribution in [2.45, 2.75) is 9.96 Å². The molecule has 0 radical (unpaired) electrons. The molecule has 0 saturated heterocycles. The van der Waals surface area contributed by atoms with E-state index in [1.54, 1.807) is 24.3 Å². The highest BCUT2D eigenvalue weighted by Crippen LogP contribution is 2.29. The number of rotatable bonds is 6. The van der Waals surface area contributed by atoms with Crippen LogP contribution in [0.25, 0.3) is 0 Å². The third kappa shape index (κ3) is 6.93. The molecule has 0 fully saturated rings. The number of carbonyl (C=O) groups is 2. The summed E-state index contributed by atoms with van der Waals surface area (Å²) in [4.78, 5) is 23.2. The van der Waals surface area contributed by atoms with Crippen LogP contribution in [0, 0.1) is 0 Å². The van der Waals surface area contributed by atoms with Crippen LogP contribution in [0.4, 0.5) is 5.69 Å². The number of hydrogen-bond donors (Lipinski definition) is 3. The number of ether oxygens (including phenoxy) is 1. The van der Waals surface area contributed by atoms with Crippen molar-refractivity contribution < 1.29 is 19.4 Å². The molecule has 0 aliphatic rings. The number of alkyl halides is 3.